The van der Waals surface area contributed by atoms with E-state index in [4.69, 9.17) is 0 Å². The molecule has 1 nitrogen and oxygen atoms in total. The van der Waals surface area contributed by atoms with Crippen LogP contribution in [0.25, 0.3) is 0 Å². The topological polar surface area (TPSA) is 20.2 Å². The van der Waals surface area contributed by atoms with E-state index in [1.54, 1.807) is 0 Å². The van der Waals surface area contributed by atoms with Gasteiger partial charge in [-0.15, -0.1) is 0 Å². The normalized spacial score (nSPS) is 13.9. The molecule has 0 fully saturated rings. The SMILES string of the molecule is CC(C)c1cccc(CC(C)c2ccccc2C(C)(C)C)c1C(C)(C)O. The monoisotopic (exact) mass is 352 g/mol. The molecule has 0 aliphatic carbocycles. The first kappa shape index (κ1) is 20.7. The molecule has 1 unspecified atom stereocenters. The molecule has 0 aromatic heterocycles. The van der Waals surface area contributed by atoms with Crippen molar-refractivity contribution < 1.29 is 5.11 Å². The molecule has 0 amide bonds. The van der Waals surface area contributed by atoms with E-state index in [-0.39, 0.29) is 5.41 Å². The van der Waals surface area contributed by atoms with Gasteiger partial charge in [0.1, 0.15) is 0 Å². The quantitative estimate of drug-likeness (QED) is 0.636. The molecule has 2 rings (SSSR count). The molecule has 142 valence electrons. The number of hydrogen-bond donors (Lipinski definition) is 1. The molecule has 0 bridgehead atoms. The van der Waals surface area contributed by atoms with Crippen LogP contribution in [0, 0.1) is 0 Å². The first-order chi connectivity index (χ1) is 11.9. The molecule has 0 heterocycles. The lowest BCUT2D eigenvalue weighted by Crippen LogP contribution is -2.22. The highest BCUT2D eigenvalue weighted by atomic mass is 16.3. The van der Waals surface area contributed by atoms with Crippen molar-refractivity contribution in [1.29, 1.82) is 0 Å². The van der Waals surface area contributed by atoms with Crippen molar-refractivity contribution in [3.8, 4) is 0 Å². The summed E-state index contributed by atoms with van der Waals surface area (Å²) < 4.78 is 0. The van der Waals surface area contributed by atoms with Gasteiger partial charge in [0.15, 0.2) is 0 Å². The number of rotatable bonds is 5. The Kier molecular flexibility index (Phi) is 6.02. The zero-order chi connectivity index (χ0) is 19.7. The molecule has 0 aliphatic heterocycles. The van der Waals surface area contributed by atoms with Gasteiger partial charge in [0, 0.05) is 0 Å². The molecule has 1 atom stereocenters. The molecule has 2 aromatic carbocycles. The summed E-state index contributed by atoms with van der Waals surface area (Å²) in [7, 11) is 0. The maximum atomic E-state index is 10.9. The third-order valence-electron chi connectivity index (χ3n) is 5.24. The van der Waals surface area contributed by atoms with Crippen LogP contribution in [0.5, 0.6) is 0 Å². The van der Waals surface area contributed by atoms with E-state index in [2.05, 4.69) is 84.0 Å². The molecule has 0 spiro atoms. The third-order valence-corrected chi connectivity index (χ3v) is 5.24. The minimum absolute atomic E-state index is 0.129. The average molecular weight is 353 g/mol. The number of benzene rings is 2. The van der Waals surface area contributed by atoms with Crippen molar-refractivity contribution in [1.82, 2.24) is 0 Å². The Labute approximate surface area is 160 Å². The highest BCUT2D eigenvalue weighted by Crippen LogP contribution is 2.36. The van der Waals surface area contributed by atoms with Crippen LogP contribution in [-0.2, 0) is 17.4 Å². The summed E-state index contributed by atoms with van der Waals surface area (Å²) in [4.78, 5) is 0. The van der Waals surface area contributed by atoms with Crippen LogP contribution in [0.4, 0.5) is 0 Å². The first-order valence-electron chi connectivity index (χ1n) is 9.87. The van der Waals surface area contributed by atoms with E-state index in [1.165, 1.54) is 22.3 Å². The Bertz CT molecular complexity index is 741. The van der Waals surface area contributed by atoms with Crippen LogP contribution >= 0.6 is 0 Å². The van der Waals surface area contributed by atoms with Gasteiger partial charge in [-0.05, 0) is 65.3 Å². The maximum absolute atomic E-state index is 10.9. The molecular formula is C25H36O. The maximum Gasteiger partial charge on any atom is 0.0845 e. The van der Waals surface area contributed by atoms with E-state index in [1.807, 2.05) is 13.8 Å². The van der Waals surface area contributed by atoms with E-state index < -0.39 is 5.60 Å². The average Bonchev–Trinajstić information content (AvgIpc) is 2.52. The van der Waals surface area contributed by atoms with Crippen molar-refractivity contribution in [2.45, 2.75) is 84.7 Å². The zero-order valence-corrected chi connectivity index (χ0v) is 17.9. The summed E-state index contributed by atoms with van der Waals surface area (Å²) in [5, 5.41) is 10.9. The van der Waals surface area contributed by atoms with E-state index in [0.717, 1.165) is 12.0 Å². The van der Waals surface area contributed by atoms with Gasteiger partial charge in [0.25, 0.3) is 0 Å². The van der Waals surface area contributed by atoms with Crippen molar-refractivity contribution in [3.05, 3.63) is 70.3 Å². The third kappa shape index (κ3) is 4.57. The van der Waals surface area contributed by atoms with Gasteiger partial charge in [-0.2, -0.15) is 0 Å². The standard InChI is InChI=1S/C25H36O/c1-17(2)20-14-11-12-19(23(20)25(7,8)26)16-18(3)21-13-9-10-15-22(21)24(4,5)6/h9-15,17-18,26H,16H2,1-8H3. The van der Waals surface area contributed by atoms with E-state index in [9.17, 15) is 5.11 Å². The molecule has 2 aromatic rings. The molecule has 0 saturated carbocycles. The summed E-state index contributed by atoms with van der Waals surface area (Å²) in [6.07, 6.45) is 0.937. The Morgan fingerprint density at radius 1 is 0.808 bits per heavy atom. The second-order valence-electron chi connectivity index (χ2n) is 9.54. The second kappa shape index (κ2) is 7.56. The van der Waals surface area contributed by atoms with Gasteiger partial charge < -0.3 is 5.11 Å². The fraction of sp³-hybridized carbons (Fsp3) is 0.520. The van der Waals surface area contributed by atoms with Crippen molar-refractivity contribution >= 4 is 0 Å². The second-order valence-corrected chi connectivity index (χ2v) is 9.54. The van der Waals surface area contributed by atoms with Crippen LogP contribution in [-0.4, -0.2) is 5.11 Å². The lowest BCUT2D eigenvalue weighted by Gasteiger charge is -2.30. The lowest BCUT2D eigenvalue weighted by atomic mass is 9.77. The minimum atomic E-state index is -0.834. The lowest BCUT2D eigenvalue weighted by molar-refractivity contribution is 0.0762. The van der Waals surface area contributed by atoms with Gasteiger partial charge in [-0.3, -0.25) is 0 Å². The Balaban J connectivity index is 2.49. The molecular weight excluding hydrogens is 316 g/mol. The first-order valence-corrected chi connectivity index (χ1v) is 9.87. The van der Waals surface area contributed by atoms with Crippen molar-refractivity contribution in [2.24, 2.45) is 0 Å². The molecule has 0 saturated heterocycles. The van der Waals surface area contributed by atoms with Gasteiger partial charge in [0.05, 0.1) is 5.60 Å². The summed E-state index contributed by atoms with van der Waals surface area (Å²) in [6, 6.07) is 15.3. The fourth-order valence-electron chi connectivity index (χ4n) is 4.07. The van der Waals surface area contributed by atoms with Crippen LogP contribution in [0.1, 0.15) is 95.0 Å². The van der Waals surface area contributed by atoms with Gasteiger partial charge in [0.2, 0.25) is 0 Å². The fourth-order valence-corrected chi connectivity index (χ4v) is 4.07. The summed E-state index contributed by atoms with van der Waals surface area (Å²) in [6.45, 7) is 17.4. The highest BCUT2D eigenvalue weighted by molar-refractivity contribution is 5.43. The smallest absolute Gasteiger partial charge is 0.0845 e. The number of aliphatic hydroxyl groups is 1. The van der Waals surface area contributed by atoms with Gasteiger partial charge in [-0.1, -0.05) is 84.0 Å². The molecule has 0 aliphatic rings. The van der Waals surface area contributed by atoms with Crippen LogP contribution in [0.15, 0.2) is 42.5 Å². The van der Waals surface area contributed by atoms with Crippen LogP contribution in [0.3, 0.4) is 0 Å². The van der Waals surface area contributed by atoms with E-state index in [0.29, 0.717) is 11.8 Å². The van der Waals surface area contributed by atoms with Crippen molar-refractivity contribution in [3.63, 3.8) is 0 Å². The van der Waals surface area contributed by atoms with Crippen LogP contribution < -0.4 is 0 Å². The molecule has 1 heteroatoms. The Hall–Kier alpha value is -1.60. The van der Waals surface area contributed by atoms with Crippen molar-refractivity contribution in [2.75, 3.05) is 0 Å². The number of hydrogen-bond acceptors (Lipinski definition) is 1. The molecule has 26 heavy (non-hydrogen) atoms. The predicted molar refractivity (Wildman–Crippen MR) is 113 cm³/mol. The van der Waals surface area contributed by atoms with Gasteiger partial charge in [-0.25, -0.2) is 0 Å². The van der Waals surface area contributed by atoms with Crippen LogP contribution in [0.2, 0.25) is 0 Å². The van der Waals surface area contributed by atoms with E-state index >= 15 is 0 Å². The Morgan fingerprint density at radius 2 is 1.38 bits per heavy atom. The predicted octanol–water partition coefficient (Wildman–Crippen LogP) is 6.68. The largest absolute Gasteiger partial charge is 0.386 e. The molecule has 1 N–H and O–H groups in total. The zero-order valence-electron chi connectivity index (χ0n) is 17.9. The Morgan fingerprint density at radius 3 is 1.92 bits per heavy atom. The summed E-state index contributed by atoms with van der Waals surface area (Å²) >= 11 is 0. The minimum Gasteiger partial charge on any atom is -0.386 e. The van der Waals surface area contributed by atoms with Gasteiger partial charge >= 0.3 is 0 Å². The molecule has 0 radical (unpaired) electrons. The summed E-state index contributed by atoms with van der Waals surface area (Å²) in [5.41, 5.74) is 5.75. The summed E-state index contributed by atoms with van der Waals surface area (Å²) in [5.74, 6) is 0.794. The highest BCUT2D eigenvalue weighted by Gasteiger charge is 2.27.